The molecule has 1 atom stereocenters. The minimum absolute atomic E-state index is 0.0318. The van der Waals surface area contributed by atoms with Crippen LogP contribution in [0.15, 0.2) is 34.7 Å². The molecule has 0 radical (unpaired) electrons. The van der Waals surface area contributed by atoms with Crippen LogP contribution in [0.4, 0.5) is 0 Å². The van der Waals surface area contributed by atoms with E-state index < -0.39 is 0 Å². The van der Waals surface area contributed by atoms with Crippen molar-refractivity contribution in [2.24, 2.45) is 0 Å². The Hall–Kier alpha value is -1.85. The summed E-state index contributed by atoms with van der Waals surface area (Å²) in [5, 5.41) is 7.41. The average Bonchev–Trinajstić information content (AvgIpc) is 3.03. The lowest BCUT2D eigenvalue weighted by Crippen LogP contribution is -2.44. The van der Waals surface area contributed by atoms with Crippen LogP contribution < -0.4 is 10.6 Å². The fraction of sp³-hybridized carbons (Fsp3) is 0.500. The lowest BCUT2D eigenvalue weighted by molar-refractivity contribution is -0.122. The highest BCUT2D eigenvalue weighted by molar-refractivity contribution is 5.85. The van der Waals surface area contributed by atoms with Crippen LogP contribution in [0.1, 0.15) is 25.0 Å². The molecule has 1 aromatic heterocycles. The van der Waals surface area contributed by atoms with Crippen molar-refractivity contribution in [1.82, 2.24) is 15.5 Å². The van der Waals surface area contributed by atoms with Crippen molar-refractivity contribution in [3.63, 3.8) is 0 Å². The van der Waals surface area contributed by atoms with Crippen molar-refractivity contribution in [2.75, 3.05) is 39.3 Å². The molecule has 0 aliphatic carbocycles. The lowest BCUT2D eigenvalue weighted by atomic mass is 10.1. The van der Waals surface area contributed by atoms with Crippen LogP contribution in [0.3, 0.4) is 0 Å². The van der Waals surface area contributed by atoms with Gasteiger partial charge in [0.2, 0.25) is 5.91 Å². The molecule has 2 aromatic rings. The van der Waals surface area contributed by atoms with Gasteiger partial charge in [-0.3, -0.25) is 4.79 Å². The lowest BCUT2D eigenvalue weighted by Gasteiger charge is -2.27. The molecule has 0 bridgehead atoms. The molecular formula is C18H25N3O2. The predicted octanol–water partition coefficient (Wildman–Crippen LogP) is 1.95. The molecule has 5 nitrogen and oxygen atoms in total. The van der Waals surface area contributed by atoms with Gasteiger partial charge < -0.3 is 20.0 Å². The second kappa shape index (κ2) is 7.62. The molecule has 1 aliphatic rings. The smallest absolute Gasteiger partial charge is 0.230 e. The first-order valence-electron chi connectivity index (χ1n) is 8.43. The van der Waals surface area contributed by atoms with Gasteiger partial charge in [-0.1, -0.05) is 18.2 Å². The van der Waals surface area contributed by atoms with E-state index >= 15 is 0 Å². The van der Waals surface area contributed by atoms with Gasteiger partial charge in [-0.2, -0.15) is 0 Å². The molecule has 1 aliphatic heterocycles. The number of fused-ring (bicyclic) bond motifs is 1. The maximum absolute atomic E-state index is 12.3. The van der Waals surface area contributed by atoms with Crippen LogP contribution in [-0.4, -0.2) is 50.1 Å². The number of nitrogens with one attached hydrogen (secondary N) is 2. The van der Waals surface area contributed by atoms with Crippen LogP contribution in [-0.2, 0) is 4.79 Å². The van der Waals surface area contributed by atoms with Gasteiger partial charge in [0, 0.05) is 38.1 Å². The highest BCUT2D eigenvalue weighted by Crippen LogP contribution is 2.24. The summed E-state index contributed by atoms with van der Waals surface area (Å²) < 4.78 is 5.78. The van der Waals surface area contributed by atoms with Crippen LogP contribution in [0, 0.1) is 0 Å². The van der Waals surface area contributed by atoms with Gasteiger partial charge in [-0.15, -0.1) is 0 Å². The van der Waals surface area contributed by atoms with E-state index in [2.05, 4.69) is 15.5 Å². The van der Waals surface area contributed by atoms with Gasteiger partial charge in [0.1, 0.15) is 11.3 Å². The third kappa shape index (κ3) is 4.12. The molecule has 1 saturated heterocycles. The maximum Gasteiger partial charge on any atom is 0.230 e. The van der Waals surface area contributed by atoms with Gasteiger partial charge in [0.25, 0.3) is 0 Å². The van der Waals surface area contributed by atoms with E-state index in [0.717, 1.165) is 55.9 Å². The fourth-order valence-corrected chi connectivity index (χ4v) is 2.95. The largest absolute Gasteiger partial charge is 0.460 e. The first kappa shape index (κ1) is 16.0. The first-order valence-corrected chi connectivity index (χ1v) is 8.43. The molecule has 2 heterocycles. The second-order valence-corrected chi connectivity index (χ2v) is 6.14. The van der Waals surface area contributed by atoms with Gasteiger partial charge >= 0.3 is 0 Å². The van der Waals surface area contributed by atoms with Crippen LogP contribution in [0.5, 0.6) is 0 Å². The number of benzene rings is 1. The van der Waals surface area contributed by atoms with Crippen LogP contribution >= 0.6 is 0 Å². The highest BCUT2D eigenvalue weighted by atomic mass is 16.3. The first-order chi connectivity index (χ1) is 11.2. The summed E-state index contributed by atoms with van der Waals surface area (Å²) in [6, 6.07) is 9.80. The van der Waals surface area contributed by atoms with Gasteiger partial charge in [-0.25, -0.2) is 0 Å². The van der Waals surface area contributed by atoms with Crippen molar-refractivity contribution in [3.05, 3.63) is 36.1 Å². The summed E-state index contributed by atoms with van der Waals surface area (Å²) in [6.45, 7) is 7.98. The normalized spacial score (nSPS) is 17.3. The SMILES string of the molecule is CC(C(=O)NCCCN1CCNCC1)c1cc2ccccc2o1. The minimum Gasteiger partial charge on any atom is -0.460 e. The molecule has 5 heteroatoms. The predicted molar refractivity (Wildman–Crippen MR) is 91.6 cm³/mol. The summed E-state index contributed by atoms with van der Waals surface area (Å²) in [5.74, 6) is 0.497. The van der Waals surface area contributed by atoms with Crippen molar-refractivity contribution >= 4 is 16.9 Å². The molecule has 0 spiro atoms. The quantitative estimate of drug-likeness (QED) is 0.800. The van der Waals surface area contributed by atoms with Crippen molar-refractivity contribution in [1.29, 1.82) is 0 Å². The third-order valence-electron chi connectivity index (χ3n) is 4.42. The molecule has 2 N–H and O–H groups in total. The number of carbonyl (C=O) groups excluding carboxylic acids is 1. The molecule has 124 valence electrons. The molecule has 1 amide bonds. The Balaban J connectivity index is 1.45. The Bertz CT molecular complexity index is 614. The summed E-state index contributed by atoms with van der Waals surface area (Å²) in [7, 11) is 0. The molecular weight excluding hydrogens is 290 g/mol. The molecule has 1 aromatic carbocycles. The summed E-state index contributed by atoms with van der Waals surface area (Å²) in [4.78, 5) is 14.7. The number of rotatable bonds is 6. The zero-order valence-corrected chi connectivity index (χ0v) is 13.7. The minimum atomic E-state index is -0.262. The summed E-state index contributed by atoms with van der Waals surface area (Å²) in [5.41, 5.74) is 0.834. The standard InChI is InChI=1S/C18H25N3O2/c1-14(17-13-15-5-2-3-6-16(15)23-17)18(22)20-7-4-10-21-11-8-19-9-12-21/h2-3,5-6,13-14,19H,4,7-12H2,1H3,(H,20,22). The van der Waals surface area contributed by atoms with Gasteiger partial charge in [-0.05, 0) is 32.0 Å². The number of hydrogen-bond acceptors (Lipinski definition) is 4. The molecule has 23 heavy (non-hydrogen) atoms. The Kier molecular flexibility index (Phi) is 5.31. The van der Waals surface area contributed by atoms with Crippen molar-refractivity contribution in [3.8, 4) is 0 Å². The number of carbonyl (C=O) groups is 1. The second-order valence-electron chi connectivity index (χ2n) is 6.14. The zero-order valence-electron chi connectivity index (χ0n) is 13.7. The van der Waals surface area contributed by atoms with Crippen LogP contribution in [0.2, 0.25) is 0 Å². The number of furan rings is 1. The summed E-state index contributed by atoms with van der Waals surface area (Å²) in [6.07, 6.45) is 0.985. The Morgan fingerprint density at radius 2 is 2.13 bits per heavy atom. The zero-order chi connectivity index (χ0) is 16.1. The number of amides is 1. The van der Waals surface area contributed by atoms with E-state index in [1.54, 1.807) is 0 Å². The molecule has 0 saturated carbocycles. The Morgan fingerprint density at radius 3 is 2.91 bits per heavy atom. The Morgan fingerprint density at radius 1 is 1.35 bits per heavy atom. The summed E-state index contributed by atoms with van der Waals surface area (Å²) >= 11 is 0. The average molecular weight is 315 g/mol. The van der Waals surface area contributed by atoms with E-state index in [1.165, 1.54) is 0 Å². The number of para-hydroxylation sites is 1. The van der Waals surface area contributed by atoms with Crippen molar-refractivity contribution < 1.29 is 9.21 Å². The van der Waals surface area contributed by atoms with Crippen LogP contribution in [0.25, 0.3) is 11.0 Å². The fourth-order valence-electron chi connectivity index (χ4n) is 2.95. The highest BCUT2D eigenvalue weighted by Gasteiger charge is 2.19. The monoisotopic (exact) mass is 315 g/mol. The Labute approximate surface area is 137 Å². The number of nitrogens with zero attached hydrogens (tertiary/aromatic N) is 1. The van der Waals surface area contributed by atoms with Crippen molar-refractivity contribution in [2.45, 2.75) is 19.3 Å². The van der Waals surface area contributed by atoms with E-state index in [9.17, 15) is 4.79 Å². The third-order valence-corrected chi connectivity index (χ3v) is 4.42. The van der Waals surface area contributed by atoms with Gasteiger partial charge in [0.15, 0.2) is 0 Å². The molecule has 3 rings (SSSR count). The number of piperazine rings is 1. The number of hydrogen-bond donors (Lipinski definition) is 2. The maximum atomic E-state index is 12.3. The van der Waals surface area contributed by atoms with E-state index in [4.69, 9.17) is 4.42 Å². The van der Waals surface area contributed by atoms with E-state index in [-0.39, 0.29) is 11.8 Å². The molecule has 1 fully saturated rings. The molecule has 1 unspecified atom stereocenters. The van der Waals surface area contributed by atoms with Gasteiger partial charge in [0.05, 0.1) is 5.92 Å². The topological polar surface area (TPSA) is 57.5 Å². The van der Waals surface area contributed by atoms with E-state index in [1.807, 2.05) is 37.3 Å². The van der Waals surface area contributed by atoms with E-state index in [0.29, 0.717) is 6.54 Å².